The molecule has 3 N–H and O–H groups in total. The Morgan fingerprint density at radius 2 is 2.38 bits per heavy atom. The Hall–Kier alpha value is -0.760. The Kier molecular flexibility index (Phi) is 3.98. The predicted octanol–water partition coefficient (Wildman–Crippen LogP) is 0.963. The lowest BCUT2D eigenvalue weighted by atomic mass is 10.4. The Morgan fingerprint density at radius 1 is 1.75 bits per heavy atom. The van der Waals surface area contributed by atoms with Crippen molar-refractivity contribution in [2.24, 2.45) is 5.73 Å². The second-order valence-corrected chi connectivity index (χ2v) is 1.36. The lowest BCUT2D eigenvalue weighted by molar-refractivity contribution is 0.430. The van der Waals surface area contributed by atoms with Crippen molar-refractivity contribution in [3.63, 3.8) is 0 Å². The van der Waals surface area contributed by atoms with Crippen LogP contribution < -0.4 is 5.73 Å². The van der Waals surface area contributed by atoms with Gasteiger partial charge in [0.2, 0.25) is 0 Å². The molecule has 0 bridgehead atoms. The van der Waals surface area contributed by atoms with Crippen LogP contribution in [0.2, 0.25) is 0 Å². The third-order valence-electron chi connectivity index (χ3n) is 0.664. The second kappa shape index (κ2) is 4.40. The van der Waals surface area contributed by atoms with E-state index in [0.717, 1.165) is 0 Å². The molecule has 0 atom stereocenters. The predicted molar refractivity (Wildman–Crippen MR) is 34.6 cm³/mol. The van der Waals surface area contributed by atoms with Gasteiger partial charge in [-0.2, -0.15) is 0 Å². The van der Waals surface area contributed by atoms with Crippen LogP contribution in [0.15, 0.2) is 24.0 Å². The quantitative estimate of drug-likeness (QED) is 0.414. The topological polar surface area (TPSA) is 46.2 Å². The smallest absolute Gasteiger partial charge is 0.112 e. The highest BCUT2D eigenvalue weighted by Crippen LogP contribution is 1.86. The summed E-state index contributed by atoms with van der Waals surface area (Å²) in [5, 5.41) is 8.74. The minimum Gasteiger partial charge on any atom is -0.508 e. The average Bonchev–Trinajstić information content (AvgIpc) is 1.68. The van der Waals surface area contributed by atoms with Crippen molar-refractivity contribution in [2.75, 3.05) is 6.54 Å². The highest BCUT2D eigenvalue weighted by molar-refractivity contribution is 5.09. The normalized spacial score (nSPS) is 13.0. The van der Waals surface area contributed by atoms with Crippen LogP contribution in [-0.4, -0.2) is 11.7 Å². The van der Waals surface area contributed by atoms with Gasteiger partial charge in [-0.3, -0.25) is 0 Å². The fourth-order valence-corrected chi connectivity index (χ4v) is 0.360. The molecule has 2 heteroatoms. The Bertz CT molecular complexity index is 105. The van der Waals surface area contributed by atoms with Crippen LogP contribution in [0.4, 0.5) is 0 Å². The molecular formula is C6H11NO. The van der Waals surface area contributed by atoms with Gasteiger partial charge >= 0.3 is 0 Å². The number of hydrogen-bond acceptors (Lipinski definition) is 2. The zero-order valence-corrected chi connectivity index (χ0v) is 4.96. The van der Waals surface area contributed by atoms with E-state index >= 15 is 0 Å². The summed E-state index contributed by atoms with van der Waals surface area (Å²) >= 11 is 0. The first kappa shape index (κ1) is 7.24. The summed E-state index contributed by atoms with van der Waals surface area (Å²) in [6, 6.07) is 0. The molecule has 0 aliphatic carbocycles. The van der Waals surface area contributed by atoms with Crippen molar-refractivity contribution in [3.8, 4) is 0 Å². The molecule has 0 heterocycles. The van der Waals surface area contributed by atoms with E-state index in [0.29, 0.717) is 6.54 Å². The van der Waals surface area contributed by atoms with Gasteiger partial charge in [0.05, 0.1) is 0 Å². The molecular weight excluding hydrogens is 102 g/mol. The van der Waals surface area contributed by atoms with Crippen LogP contribution in [0.1, 0.15) is 6.92 Å². The van der Waals surface area contributed by atoms with Crippen LogP contribution in [0, 0.1) is 0 Å². The SMILES string of the molecule is C/C=C\C(O)=C/CN. The maximum Gasteiger partial charge on any atom is 0.112 e. The highest BCUT2D eigenvalue weighted by atomic mass is 16.3. The van der Waals surface area contributed by atoms with Crippen molar-refractivity contribution < 1.29 is 5.11 Å². The lowest BCUT2D eigenvalue weighted by Crippen LogP contribution is -1.94. The molecule has 0 rings (SSSR count). The van der Waals surface area contributed by atoms with E-state index in [4.69, 9.17) is 10.8 Å². The summed E-state index contributed by atoms with van der Waals surface area (Å²) in [6.45, 7) is 2.22. The molecule has 0 amide bonds. The van der Waals surface area contributed by atoms with E-state index < -0.39 is 0 Å². The molecule has 0 saturated carbocycles. The molecule has 0 aliphatic heterocycles. The molecule has 0 aromatic heterocycles. The Balaban J connectivity index is 3.61. The molecule has 0 fully saturated rings. The third kappa shape index (κ3) is 3.43. The number of rotatable bonds is 2. The van der Waals surface area contributed by atoms with Crippen LogP contribution in [0.5, 0.6) is 0 Å². The average molecular weight is 113 g/mol. The summed E-state index contributed by atoms with van der Waals surface area (Å²) < 4.78 is 0. The van der Waals surface area contributed by atoms with E-state index in [2.05, 4.69) is 0 Å². The molecule has 0 aromatic rings. The first-order valence-corrected chi connectivity index (χ1v) is 2.53. The van der Waals surface area contributed by atoms with E-state index in [9.17, 15) is 0 Å². The largest absolute Gasteiger partial charge is 0.508 e. The standard InChI is InChI=1S/C6H11NO/c1-2-3-6(8)4-5-7/h2-4,8H,5,7H2,1H3/b3-2-,6-4+. The van der Waals surface area contributed by atoms with Gasteiger partial charge in [-0.05, 0) is 19.1 Å². The molecule has 0 aromatic carbocycles. The fourth-order valence-electron chi connectivity index (χ4n) is 0.360. The van der Waals surface area contributed by atoms with E-state index in [-0.39, 0.29) is 5.76 Å². The van der Waals surface area contributed by atoms with Crippen LogP contribution in [0.25, 0.3) is 0 Å². The van der Waals surface area contributed by atoms with Crippen LogP contribution >= 0.6 is 0 Å². The van der Waals surface area contributed by atoms with Gasteiger partial charge < -0.3 is 10.8 Å². The lowest BCUT2D eigenvalue weighted by Gasteiger charge is -1.85. The number of hydrogen-bond donors (Lipinski definition) is 2. The molecule has 0 radical (unpaired) electrons. The van der Waals surface area contributed by atoms with Crippen molar-refractivity contribution in [1.29, 1.82) is 0 Å². The van der Waals surface area contributed by atoms with E-state index in [1.54, 1.807) is 18.2 Å². The third-order valence-corrected chi connectivity index (χ3v) is 0.664. The minimum atomic E-state index is 0.231. The molecule has 0 aliphatic rings. The second-order valence-electron chi connectivity index (χ2n) is 1.36. The van der Waals surface area contributed by atoms with Crippen molar-refractivity contribution in [2.45, 2.75) is 6.92 Å². The molecule has 0 saturated heterocycles. The highest BCUT2D eigenvalue weighted by Gasteiger charge is 1.77. The Morgan fingerprint density at radius 3 is 2.75 bits per heavy atom. The van der Waals surface area contributed by atoms with Crippen LogP contribution in [0.3, 0.4) is 0 Å². The zero-order valence-electron chi connectivity index (χ0n) is 4.96. The summed E-state index contributed by atoms with van der Waals surface area (Å²) in [5.41, 5.74) is 5.09. The monoisotopic (exact) mass is 113 g/mol. The number of nitrogens with two attached hydrogens (primary N) is 1. The molecule has 0 unspecified atom stereocenters. The van der Waals surface area contributed by atoms with Gasteiger partial charge in [0.1, 0.15) is 5.76 Å². The van der Waals surface area contributed by atoms with Gasteiger partial charge in [-0.15, -0.1) is 0 Å². The van der Waals surface area contributed by atoms with E-state index in [1.807, 2.05) is 6.92 Å². The maximum atomic E-state index is 8.74. The molecule has 46 valence electrons. The summed E-state index contributed by atoms with van der Waals surface area (Å²) in [6.07, 6.45) is 4.88. The molecule has 2 nitrogen and oxygen atoms in total. The first-order chi connectivity index (χ1) is 3.81. The fraction of sp³-hybridized carbons (Fsp3) is 0.333. The minimum absolute atomic E-state index is 0.231. The van der Waals surface area contributed by atoms with Gasteiger partial charge in [-0.25, -0.2) is 0 Å². The number of aliphatic hydroxyl groups excluding tert-OH is 1. The summed E-state index contributed by atoms with van der Waals surface area (Å²) in [4.78, 5) is 0. The summed E-state index contributed by atoms with van der Waals surface area (Å²) in [7, 11) is 0. The van der Waals surface area contributed by atoms with Crippen LogP contribution in [-0.2, 0) is 0 Å². The van der Waals surface area contributed by atoms with Gasteiger partial charge in [0.25, 0.3) is 0 Å². The van der Waals surface area contributed by atoms with Crippen molar-refractivity contribution >= 4 is 0 Å². The first-order valence-electron chi connectivity index (χ1n) is 2.53. The van der Waals surface area contributed by atoms with Gasteiger partial charge in [0.15, 0.2) is 0 Å². The molecule has 0 spiro atoms. The van der Waals surface area contributed by atoms with Crippen molar-refractivity contribution in [1.82, 2.24) is 0 Å². The number of aliphatic hydroxyl groups is 1. The van der Waals surface area contributed by atoms with Gasteiger partial charge in [-0.1, -0.05) is 6.08 Å². The van der Waals surface area contributed by atoms with Gasteiger partial charge in [0, 0.05) is 6.54 Å². The Labute approximate surface area is 49.3 Å². The van der Waals surface area contributed by atoms with E-state index in [1.165, 1.54) is 0 Å². The van der Waals surface area contributed by atoms with Crippen molar-refractivity contribution in [3.05, 3.63) is 24.0 Å². The zero-order chi connectivity index (χ0) is 6.41. The maximum absolute atomic E-state index is 8.74. The summed E-state index contributed by atoms with van der Waals surface area (Å²) in [5.74, 6) is 0.231. The number of allylic oxidation sites excluding steroid dienone is 2. The molecule has 8 heavy (non-hydrogen) atoms.